The lowest BCUT2D eigenvalue weighted by atomic mass is 9.68. The molecule has 2 amide bonds. The van der Waals surface area contributed by atoms with Crippen LogP contribution < -0.4 is 10.6 Å². The van der Waals surface area contributed by atoms with E-state index in [9.17, 15) is 9.59 Å². The summed E-state index contributed by atoms with van der Waals surface area (Å²) in [6.07, 6.45) is 7.39. The first-order chi connectivity index (χ1) is 9.11. The van der Waals surface area contributed by atoms with Crippen molar-refractivity contribution in [2.75, 3.05) is 0 Å². The molecular weight excluding hydrogens is 244 g/mol. The lowest BCUT2D eigenvalue weighted by Crippen LogP contribution is -2.68. The van der Waals surface area contributed by atoms with Crippen LogP contribution in [0.5, 0.6) is 0 Å². The number of amides is 2. The third kappa shape index (κ3) is 2.01. The summed E-state index contributed by atoms with van der Waals surface area (Å²) in [5.74, 6) is -0.0156. The molecule has 1 aliphatic heterocycles. The standard InChI is InChI=1S/C13H18N4O2/c1-17-8-14-7-9(17)12(19)15-10-3-4-11(18)16-13(10)5-2-6-13/h7-8,10H,2-6H2,1H3,(H,15,19)(H,16,18). The number of nitrogens with zero attached hydrogens (tertiary/aromatic N) is 2. The molecule has 2 fully saturated rings. The Labute approximate surface area is 111 Å². The van der Waals surface area contributed by atoms with E-state index in [1.807, 2.05) is 0 Å². The van der Waals surface area contributed by atoms with Gasteiger partial charge in [-0.3, -0.25) is 9.59 Å². The topological polar surface area (TPSA) is 76.0 Å². The van der Waals surface area contributed by atoms with Crippen LogP contribution in [0.1, 0.15) is 42.6 Å². The van der Waals surface area contributed by atoms with Crippen LogP contribution in [0.2, 0.25) is 0 Å². The van der Waals surface area contributed by atoms with Crippen molar-refractivity contribution in [2.24, 2.45) is 7.05 Å². The highest BCUT2D eigenvalue weighted by molar-refractivity contribution is 5.93. The van der Waals surface area contributed by atoms with Gasteiger partial charge in [-0.25, -0.2) is 4.98 Å². The molecule has 1 saturated heterocycles. The number of piperidine rings is 1. The molecule has 2 N–H and O–H groups in total. The molecule has 2 aliphatic rings. The average Bonchev–Trinajstić information content (AvgIpc) is 2.75. The van der Waals surface area contributed by atoms with Gasteiger partial charge in [-0.15, -0.1) is 0 Å². The molecule has 1 aromatic heterocycles. The third-order valence-electron chi connectivity index (χ3n) is 4.32. The lowest BCUT2D eigenvalue weighted by Gasteiger charge is -2.50. The summed E-state index contributed by atoms with van der Waals surface area (Å²) in [5, 5.41) is 6.13. The van der Waals surface area contributed by atoms with Crippen molar-refractivity contribution in [1.82, 2.24) is 20.2 Å². The second-order valence-electron chi connectivity index (χ2n) is 5.51. The zero-order valence-corrected chi connectivity index (χ0v) is 11.0. The molecule has 1 unspecified atom stereocenters. The number of aromatic nitrogens is 2. The molecule has 3 rings (SSSR count). The Morgan fingerprint density at radius 1 is 1.58 bits per heavy atom. The summed E-state index contributed by atoms with van der Waals surface area (Å²) in [7, 11) is 1.80. The van der Waals surface area contributed by atoms with E-state index < -0.39 is 0 Å². The van der Waals surface area contributed by atoms with Gasteiger partial charge in [-0.05, 0) is 25.7 Å². The van der Waals surface area contributed by atoms with Gasteiger partial charge in [0.1, 0.15) is 5.69 Å². The molecule has 1 spiro atoms. The maximum atomic E-state index is 12.2. The molecule has 0 aromatic carbocycles. The molecule has 19 heavy (non-hydrogen) atoms. The molecule has 1 saturated carbocycles. The van der Waals surface area contributed by atoms with Crippen LogP contribution in [0.4, 0.5) is 0 Å². The highest BCUT2D eigenvalue weighted by Gasteiger charge is 2.48. The molecule has 6 nitrogen and oxygen atoms in total. The van der Waals surface area contributed by atoms with E-state index in [0.29, 0.717) is 12.1 Å². The van der Waals surface area contributed by atoms with Crippen molar-refractivity contribution in [1.29, 1.82) is 0 Å². The fourth-order valence-electron chi connectivity index (χ4n) is 3.03. The monoisotopic (exact) mass is 262 g/mol. The Bertz CT molecular complexity index is 518. The van der Waals surface area contributed by atoms with E-state index in [4.69, 9.17) is 0 Å². The van der Waals surface area contributed by atoms with E-state index in [0.717, 1.165) is 25.7 Å². The maximum absolute atomic E-state index is 12.2. The van der Waals surface area contributed by atoms with Crippen molar-refractivity contribution in [3.8, 4) is 0 Å². The zero-order chi connectivity index (χ0) is 13.5. The van der Waals surface area contributed by atoms with Crippen LogP contribution in [0.15, 0.2) is 12.5 Å². The Kier molecular flexibility index (Phi) is 2.80. The largest absolute Gasteiger partial charge is 0.349 e. The molecular formula is C13H18N4O2. The SMILES string of the molecule is Cn1cncc1C(=O)NC1CCC(=O)NC12CCC2. The van der Waals surface area contributed by atoms with Crippen LogP contribution in [0.3, 0.4) is 0 Å². The first kappa shape index (κ1) is 12.2. The van der Waals surface area contributed by atoms with Gasteiger partial charge in [0.15, 0.2) is 0 Å². The minimum absolute atomic E-state index is 0.0290. The molecule has 2 heterocycles. The highest BCUT2D eigenvalue weighted by atomic mass is 16.2. The normalized spacial score (nSPS) is 24.7. The second-order valence-corrected chi connectivity index (χ2v) is 5.51. The Morgan fingerprint density at radius 3 is 2.95 bits per heavy atom. The van der Waals surface area contributed by atoms with Crippen LogP contribution in [0, 0.1) is 0 Å². The first-order valence-electron chi connectivity index (χ1n) is 6.69. The second kappa shape index (κ2) is 4.36. The third-order valence-corrected chi connectivity index (χ3v) is 4.32. The quantitative estimate of drug-likeness (QED) is 0.807. The smallest absolute Gasteiger partial charge is 0.269 e. The van der Waals surface area contributed by atoms with Gasteiger partial charge in [-0.2, -0.15) is 0 Å². The summed E-state index contributed by atoms with van der Waals surface area (Å²) in [6.45, 7) is 0. The number of nitrogens with one attached hydrogen (secondary N) is 2. The molecule has 0 bridgehead atoms. The number of carbonyl (C=O) groups excluding carboxylic acids is 2. The van der Waals surface area contributed by atoms with E-state index in [1.165, 1.54) is 0 Å². The number of carbonyl (C=O) groups is 2. The van der Waals surface area contributed by atoms with E-state index in [-0.39, 0.29) is 23.4 Å². The van der Waals surface area contributed by atoms with Gasteiger partial charge < -0.3 is 15.2 Å². The lowest BCUT2D eigenvalue weighted by molar-refractivity contribution is -0.127. The maximum Gasteiger partial charge on any atom is 0.269 e. The van der Waals surface area contributed by atoms with Gasteiger partial charge in [0.05, 0.1) is 24.1 Å². The van der Waals surface area contributed by atoms with Crippen molar-refractivity contribution in [2.45, 2.75) is 43.7 Å². The molecule has 1 aromatic rings. The summed E-state index contributed by atoms with van der Waals surface area (Å²) in [5.41, 5.74) is 0.343. The van der Waals surface area contributed by atoms with Gasteiger partial charge in [0, 0.05) is 13.5 Å². The minimum atomic E-state index is -0.205. The van der Waals surface area contributed by atoms with E-state index in [1.54, 1.807) is 24.1 Å². The van der Waals surface area contributed by atoms with Crippen LogP contribution in [0.25, 0.3) is 0 Å². The van der Waals surface area contributed by atoms with Gasteiger partial charge in [-0.1, -0.05) is 0 Å². The summed E-state index contributed by atoms with van der Waals surface area (Å²) >= 11 is 0. The van der Waals surface area contributed by atoms with Gasteiger partial charge >= 0.3 is 0 Å². The number of hydrogen-bond donors (Lipinski definition) is 2. The van der Waals surface area contributed by atoms with Crippen molar-refractivity contribution >= 4 is 11.8 Å². The fourth-order valence-corrected chi connectivity index (χ4v) is 3.03. The summed E-state index contributed by atoms with van der Waals surface area (Å²) in [6, 6.07) is 0.0290. The number of aryl methyl sites for hydroxylation is 1. The van der Waals surface area contributed by atoms with Crippen molar-refractivity contribution in [3.05, 3.63) is 18.2 Å². The van der Waals surface area contributed by atoms with Crippen LogP contribution >= 0.6 is 0 Å². The fraction of sp³-hybridized carbons (Fsp3) is 0.615. The first-order valence-corrected chi connectivity index (χ1v) is 6.69. The minimum Gasteiger partial charge on any atom is -0.349 e. The van der Waals surface area contributed by atoms with Crippen LogP contribution in [-0.4, -0.2) is 32.9 Å². The highest BCUT2D eigenvalue weighted by Crippen LogP contribution is 2.38. The zero-order valence-electron chi connectivity index (χ0n) is 11.0. The predicted octanol–water partition coefficient (Wildman–Crippen LogP) is 0.351. The van der Waals surface area contributed by atoms with Crippen LogP contribution in [-0.2, 0) is 11.8 Å². The molecule has 1 atom stereocenters. The van der Waals surface area contributed by atoms with E-state index in [2.05, 4.69) is 15.6 Å². The van der Waals surface area contributed by atoms with Crippen molar-refractivity contribution < 1.29 is 9.59 Å². The summed E-state index contributed by atoms with van der Waals surface area (Å²) in [4.78, 5) is 27.7. The van der Waals surface area contributed by atoms with Gasteiger partial charge in [0.25, 0.3) is 5.91 Å². The molecule has 1 aliphatic carbocycles. The molecule has 0 radical (unpaired) electrons. The van der Waals surface area contributed by atoms with Crippen molar-refractivity contribution in [3.63, 3.8) is 0 Å². The summed E-state index contributed by atoms with van der Waals surface area (Å²) < 4.78 is 1.70. The number of hydrogen-bond acceptors (Lipinski definition) is 3. The number of imidazole rings is 1. The Hall–Kier alpha value is -1.85. The Morgan fingerprint density at radius 2 is 2.37 bits per heavy atom. The van der Waals surface area contributed by atoms with Gasteiger partial charge in [0.2, 0.25) is 5.91 Å². The molecule has 102 valence electrons. The van der Waals surface area contributed by atoms with E-state index >= 15 is 0 Å². The predicted molar refractivity (Wildman–Crippen MR) is 68.4 cm³/mol. The Balaban J connectivity index is 1.74. The number of rotatable bonds is 2. The average molecular weight is 262 g/mol. The molecule has 6 heteroatoms.